The van der Waals surface area contributed by atoms with Crippen molar-refractivity contribution in [2.45, 2.75) is 12.8 Å². The second kappa shape index (κ2) is 5.35. The molecule has 0 bridgehead atoms. The van der Waals surface area contributed by atoms with Crippen LogP contribution in [0.4, 0.5) is 0 Å². The molecule has 0 aromatic rings. The smallest absolute Gasteiger partial charge is 0.209 e. The highest BCUT2D eigenvalue weighted by Gasteiger charge is 1.89. The zero-order chi connectivity index (χ0) is 7.11. The maximum Gasteiger partial charge on any atom is 0.209 e. The number of rotatable bonds is 5. The third-order valence-electron chi connectivity index (χ3n) is 1.06. The molecule has 2 nitrogen and oxygen atoms in total. The van der Waals surface area contributed by atoms with Crippen LogP contribution in [0, 0.1) is 6.58 Å². The number of nitrogens with zero attached hydrogens (tertiary/aromatic N) is 1. The van der Waals surface area contributed by atoms with Gasteiger partial charge in [0.25, 0.3) is 0 Å². The van der Waals surface area contributed by atoms with Crippen molar-refractivity contribution >= 4 is 6.41 Å². The van der Waals surface area contributed by atoms with E-state index in [1.54, 1.807) is 18.0 Å². The third kappa shape index (κ3) is 5.07. The molecule has 0 aromatic carbocycles. The second-order valence-electron chi connectivity index (χ2n) is 1.96. The molecule has 0 heterocycles. The van der Waals surface area contributed by atoms with Gasteiger partial charge in [-0.05, 0) is 12.8 Å². The minimum Gasteiger partial charge on any atom is -0.348 e. The van der Waals surface area contributed by atoms with Crippen LogP contribution in [0.5, 0.6) is 0 Å². The average Bonchev–Trinajstić information content (AvgIpc) is 1.89. The van der Waals surface area contributed by atoms with Crippen LogP contribution in [0.1, 0.15) is 12.8 Å². The predicted molar refractivity (Wildman–Crippen MR) is 36.8 cm³/mol. The lowest BCUT2D eigenvalue weighted by Crippen LogP contribution is -2.16. The van der Waals surface area contributed by atoms with Crippen LogP contribution >= 0.6 is 0 Å². The average molecular weight is 126 g/mol. The first-order valence-electron chi connectivity index (χ1n) is 3.00. The van der Waals surface area contributed by atoms with Crippen molar-refractivity contribution in [1.29, 1.82) is 0 Å². The number of hydrogen-bond acceptors (Lipinski definition) is 1. The zero-order valence-electron chi connectivity index (χ0n) is 5.71. The van der Waals surface area contributed by atoms with E-state index in [0.717, 1.165) is 25.8 Å². The van der Waals surface area contributed by atoms with Gasteiger partial charge in [0.2, 0.25) is 6.41 Å². The minimum absolute atomic E-state index is 0.789. The highest BCUT2D eigenvalue weighted by Crippen LogP contribution is 1.89. The van der Waals surface area contributed by atoms with Gasteiger partial charge in [0.05, 0.1) is 0 Å². The van der Waals surface area contributed by atoms with Crippen molar-refractivity contribution in [3.8, 4) is 0 Å². The predicted octanol–water partition coefficient (Wildman–Crippen LogP) is 0.844. The van der Waals surface area contributed by atoms with E-state index in [-0.39, 0.29) is 0 Å². The van der Waals surface area contributed by atoms with Crippen LogP contribution in [-0.4, -0.2) is 24.9 Å². The highest BCUT2D eigenvalue weighted by atomic mass is 16.1. The number of unbranched alkanes of at least 4 members (excludes halogenated alkanes) is 1. The Hall–Kier alpha value is -0.790. The van der Waals surface area contributed by atoms with Gasteiger partial charge in [-0.3, -0.25) is 4.79 Å². The molecule has 0 aliphatic heterocycles. The topological polar surface area (TPSA) is 20.3 Å². The summed E-state index contributed by atoms with van der Waals surface area (Å²) in [5, 5.41) is 0. The molecule has 0 aliphatic rings. The first-order chi connectivity index (χ1) is 4.31. The standard InChI is InChI=1S/C7H12NO/c1-3-4-5-6-8(2)7-9/h1,3,7H,4-6H2,2H3. The van der Waals surface area contributed by atoms with Crippen LogP contribution in [0.3, 0.4) is 0 Å². The fourth-order valence-electron chi connectivity index (χ4n) is 0.511. The van der Waals surface area contributed by atoms with Crippen LogP contribution in [0.15, 0.2) is 6.08 Å². The van der Waals surface area contributed by atoms with Crippen LogP contribution < -0.4 is 0 Å². The molecule has 0 saturated heterocycles. The van der Waals surface area contributed by atoms with Crippen LogP contribution in [-0.2, 0) is 4.79 Å². The van der Waals surface area contributed by atoms with Gasteiger partial charge in [0.15, 0.2) is 0 Å². The fourth-order valence-corrected chi connectivity index (χ4v) is 0.511. The van der Waals surface area contributed by atoms with E-state index in [9.17, 15) is 4.79 Å². The number of allylic oxidation sites excluding steroid dienone is 1. The van der Waals surface area contributed by atoms with Gasteiger partial charge in [-0.1, -0.05) is 12.7 Å². The third-order valence-corrected chi connectivity index (χ3v) is 1.06. The van der Waals surface area contributed by atoms with Crippen molar-refractivity contribution in [3.05, 3.63) is 12.7 Å². The molecule has 1 radical (unpaired) electrons. The van der Waals surface area contributed by atoms with E-state index < -0.39 is 0 Å². The van der Waals surface area contributed by atoms with Gasteiger partial charge >= 0.3 is 0 Å². The van der Waals surface area contributed by atoms with Gasteiger partial charge in [0.1, 0.15) is 0 Å². The molecule has 2 heteroatoms. The Kier molecular flexibility index (Phi) is 4.88. The molecule has 1 amide bonds. The molecule has 0 saturated carbocycles. The van der Waals surface area contributed by atoms with E-state index in [1.165, 1.54) is 0 Å². The monoisotopic (exact) mass is 126 g/mol. The summed E-state index contributed by atoms with van der Waals surface area (Å²) in [5.41, 5.74) is 0. The molecule has 0 aromatic heterocycles. The first kappa shape index (κ1) is 8.21. The second-order valence-corrected chi connectivity index (χ2v) is 1.96. The van der Waals surface area contributed by atoms with E-state index in [1.807, 2.05) is 0 Å². The summed E-state index contributed by atoms with van der Waals surface area (Å²) < 4.78 is 0. The SMILES string of the molecule is [CH]=CCCCN(C)C=O. The maximum absolute atomic E-state index is 9.98. The van der Waals surface area contributed by atoms with Gasteiger partial charge in [-0.25, -0.2) is 0 Å². The molecule has 0 N–H and O–H groups in total. The van der Waals surface area contributed by atoms with Crippen molar-refractivity contribution in [3.63, 3.8) is 0 Å². The normalized spacial score (nSPS) is 8.56. The zero-order valence-corrected chi connectivity index (χ0v) is 5.71. The molecule has 0 aliphatic carbocycles. The summed E-state index contributed by atoms with van der Waals surface area (Å²) in [6.45, 7) is 5.91. The molecule has 0 unspecified atom stereocenters. The molecule has 0 rings (SSSR count). The van der Waals surface area contributed by atoms with E-state index in [4.69, 9.17) is 6.58 Å². The van der Waals surface area contributed by atoms with Crippen LogP contribution in [0.25, 0.3) is 0 Å². The molecule has 51 valence electrons. The lowest BCUT2D eigenvalue weighted by molar-refractivity contribution is -0.117. The summed E-state index contributed by atoms with van der Waals surface area (Å²) in [4.78, 5) is 11.6. The highest BCUT2D eigenvalue weighted by molar-refractivity contribution is 5.46. The summed E-state index contributed by atoms with van der Waals surface area (Å²) in [6.07, 6.45) is 4.25. The fraction of sp³-hybridized carbons (Fsp3) is 0.571. The Bertz CT molecular complexity index is 90.9. The number of carbonyl (C=O) groups is 1. The maximum atomic E-state index is 9.98. The van der Waals surface area contributed by atoms with Gasteiger partial charge in [-0.15, -0.1) is 0 Å². The number of hydrogen-bond donors (Lipinski definition) is 0. The number of carbonyl (C=O) groups excluding carboxylic acids is 1. The lowest BCUT2D eigenvalue weighted by atomic mass is 10.3. The van der Waals surface area contributed by atoms with Gasteiger partial charge in [-0.2, -0.15) is 0 Å². The summed E-state index contributed by atoms with van der Waals surface area (Å²) in [6, 6.07) is 0. The molecule has 0 spiro atoms. The minimum atomic E-state index is 0.789. The van der Waals surface area contributed by atoms with Crippen molar-refractivity contribution in [1.82, 2.24) is 4.90 Å². The molecular formula is C7H12NO. The van der Waals surface area contributed by atoms with Gasteiger partial charge in [0, 0.05) is 13.6 Å². The van der Waals surface area contributed by atoms with E-state index >= 15 is 0 Å². The van der Waals surface area contributed by atoms with E-state index in [0.29, 0.717) is 0 Å². The number of amides is 1. The van der Waals surface area contributed by atoms with Crippen molar-refractivity contribution in [2.75, 3.05) is 13.6 Å². The largest absolute Gasteiger partial charge is 0.348 e. The molecular weight excluding hydrogens is 114 g/mol. The lowest BCUT2D eigenvalue weighted by Gasteiger charge is -2.07. The van der Waals surface area contributed by atoms with Crippen LogP contribution in [0.2, 0.25) is 0 Å². The quantitative estimate of drug-likeness (QED) is 0.395. The Balaban J connectivity index is 3.05. The molecule has 0 fully saturated rings. The molecule has 0 atom stereocenters. The Labute approximate surface area is 56.2 Å². The summed E-state index contributed by atoms with van der Waals surface area (Å²) in [7, 11) is 1.75. The molecule has 9 heavy (non-hydrogen) atoms. The van der Waals surface area contributed by atoms with Crippen molar-refractivity contribution < 1.29 is 4.79 Å². The van der Waals surface area contributed by atoms with Gasteiger partial charge < -0.3 is 4.90 Å². The Morgan fingerprint density at radius 2 is 2.33 bits per heavy atom. The Morgan fingerprint density at radius 1 is 1.67 bits per heavy atom. The summed E-state index contributed by atoms with van der Waals surface area (Å²) in [5.74, 6) is 0. The Morgan fingerprint density at radius 3 is 2.78 bits per heavy atom. The first-order valence-corrected chi connectivity index (χ1v) is 3.00. The van der Waals surface area contributed by atoms with Crippen molar-refractivity contribution in [2.24, 2.45) is 0 Å². The summed E-state index contributed by atoms with van der Waals surface area (Å²) >= 11 is 0. The van der Waals surface area contributed by atoms with E-state index in [2.05, 4.69) is 0 Å².